The van der Waals surface area contributed by atoms with Crippen molar-refractivity contribution in [3.8, 4) is 5.75 Å². The van der Waals surface area contributed by atoms with Crippen molar-refractivity contribution < 1.29 is 18.3 Å². The van der Waals surface area contributed by atoms with Gasteiger partial charge in [0.1, 0.15) is 5.75 Å². The van der Waals surface area contributed by atoms with Crippen LogP contribution in [-0.2, 0) is 6.54 Å². The van der Waals surface area contributed by atoms with Crippen LogP contribution in [0.5, 0.6) is 5.75 Å². The Kier molecular flexibility index (Phi) is 4.01. The summed E-state index contributed by atoms with van der Waals surface area (Å²) in [6, 6.07) is 5.98. The Balaban J connectivity index is 1.88. The molecule has 6 nitrogen and oxygen atoms in total. The van der Waals surface area contributed by atoms with Crippen LogP contribution in [0.3, 0.4) is 0 Å². The van der Waals surface area contributed by atoms with Crippen molar-refractivity contribution >= 4 is 5.91 Å². The van der Waals surface area contributed by atoms with Crippen LogP contribution in [0.1, 0.15) is 16.1 Å². The molecule has 19 heavy (non-hydrogen) atoms. The van der Waals surface area contributed by atoms with Crippen LogP contribution in [0, 0.1) is 0 Å². The number of aromatic amines is 1. The van der Waals surface area contributed by atoms with Gasteiger partial charge in [0.25, 0.3) is 5.91 Å². The third-order valence-corrected chi connectivity index (χ3v) is 2.25. The number of hydrogen-bond acceptors (Lipinski definition) is 4. The average molecular weight is 268 g/mol. The van der Waals surface area contributed by atoms with Gasteiger partial charge in [0.15, 0.2) is 5.69 Å². The molecule has 1 heterocycles. The fourth-order valence-electron chi connectivity index (χ4n) is 1.37. The van der Waals surface area contributed by atoms with Gasteiger partial charge in [0.2, 0.25) is 0 Å². The maximum atomic E-state index is 11.9. The SMILES string of the molecule is O=C(NCc1ccc(OC(F)F)cc1)c1cn[nH]n1. The first-order chi connectivity index (χ1) is 9.15. The molecule has 0 bridgehead atoms. The number of halogens is 2. The van der Waals surface area contributed by atoms with E-state index in [0.29, 0.717) is 0 Å². The summed E-state index contributed by atoms with van der Waals surface area (Å²) in [5.41, 5.74) is 0.927. The van der Waals surface area contributed by atoms with Gasteiger partial charge in [-0.3, -0.25) is 4.79 Å². The highest BCUT2D eigenvalue weighted by atomic mass is 19.3. The number of alkyl halides is 2. The molecule has 0 atom stereocenters. The summed E-state index contributed by atoms with van der Waals surface area (Å²) in [5, 5.41) is 12.1. The van der Waals surface area contributed by atoms with Gasteiger partial charge >= 0.3 is 6.61 Å². The summed E-state index contributed by atoms with van der Waals surface area (Å²) in [6.45, 7) is -2.60. The van der Waals surface area contributed by atoms with Crippen LogP contribution in [0.4, 0.5) is 8.78 Å². The molecule has 0 saturated heterocycles. The van der Waals surface area contributed by atoms with Crippen LogP contribution in [0.2, 0.25) is 0 Å². The molecule has 0 fully saturated rings. The van der Waals surface area contributed by atoms with E-state index < -0.39 is 6.61 Å². The lowest BCUT2D eigenvalue weighted by Crippen LogP contribution is -2.23. The molecule has 100 valence electrons. The fraction of sp³-hybridized carbons (Fsp3) is 0.182. The molecular formula is C11H10F2N4O2. The molecule has 0 aliphatic rings. The van der Waals surface area contributed by atoms with E-state index in [4.69, 9.17) is 0 Å². The lowest BCUT2D eigenvalue weighted by atomic mass is 10.2. The van der Waals surface area contributed by atoms with Gasteiger partial charge in [-0.2, -0.15) is 24.2 Å². The molecule has 0 radical (unpaired) electrons. The first-order valence-electron chi connectivity index (χ1n) is 5.33. The Morgan fingerprint density at radius 1 is 1.37 bits per heavy atom. The normalized spacial score (nSPS) is 10.5. The van der Waals surface area contributed by atoms with Crippen molar-refractivity contribution in [2.24, 2.45) is 0 Å². The minimum absolute atomic E-state index is 0.0709. The number of carbonyl (C=O) groups is 1. The predicted molar refractivity (Wildman–Crippen MR) is 60.6 cm³/mol. The molecule has 1 aromatic heterocycles. The Bertz CT molecular complexity index is 528. The molecule has 0 aliphatic carbocycles. The summed E-state index contributed by atoms with van der Waals surface area (Å²) in [7, 11) is 0. The topological polar surface area (TPSA) is 79.9 Å². The Morgan fingerprint density at radius 3 is 2.68 bits per heavy atom. The van der Waals surface area contributed by atoms with Crippen molar-refractivity contribution in [3.63, 3.8) is 0 Å². The lowest BCUT2D eigenvalue weighted by Gasteiger charge is -2.06. The smallest absolute Gasteiger partial charge is 0.387 e. The molecular weight excluding hydrogens is 258 g/mol. The Hall–Kier alpha value is -2.51. The third-order valence-electron chi connectivity index (χ3n) is 2.25. The zero-order valence-corrected chi connectivity index (χ0v) is 9.64. The second-order valence-electron chi connectivity index (χ2n) is 3.56. The van der Waals surface area contributed by atoms with Gasteiger partial charge in [-0.1, -0.05) is 12.1 Å². The van der Waals surface area contributed by atoms with E-state index in [1.165, 1.54) is 18.3 Å². The van der Waals surface area contributed by atoms with E-state index in [1.54, 1.807) is 12.1 Å². The quantitative estimate of drug-likeness (QED) is 0.857. The van der Waals surface area contributed by atoms with E-state index in [9.17, 15) is 13.6 Å². The van der Waals surface area contributed by atoms with Crippen molar-refractivity contribution in [3.05, 3.63) is 41.7 Å². The molecule has 8 heteroatoms. The number of nitrogens with one attached hydrogen (secondary N) is 2. The van der Waals surface area contributed by atoms with Crippen molar-refractivity contribution in [1.82, 2.24) is 20.7 Å². The molecule has 0 saturated carbocycles. The standard InChI is InChI=1S/C11H10F2N4O2/c12-11(13)19-8-3-1-7(2-4-8)5-14-10(18)9-6-15-17-16-9/h1-4,6,11H,5H2,(H,14,18)(H,15,16,17). The minimum atomic E-state index is -2.85. The largest absolute Gasteiger partial charge is 0.435 e. The average Bonchev–Trinajstić information content (AvgIpc) is 2.91. The van der Waals surface area contributed by atoms with Gasteiger partial charge < -0.3 is 10.1 Å². The zero-order valence-electron chi connectivity index (χ0n) is 9.64. The van der Waals surface area contributed by atoms with E-state index in [-0.39, 0.29) is 23.9 Å². The summed E-state index contributed by atoms with van der Waals surface area (Å²) in [5.74, 6) is -0.303. The molecule has 2 N–H and O–H groups in total. The summed E-state index contributed by atoms with van der Waals surface area (Å²) in [6.07, 6.45) is 1.30. The minimum Gasteiger partial charge on any atom is -0.435 e. The van der Waals surface area contributed by atoms with Gasteiger partial charge in [-0.25, -0.2) is 0 Å². The second-order valence-corrected chi connectivity index (χ2v) is 3.56. The van der Waals surface area contributed by atoms with E-state index in [0.717, 1.165) is 5.56 Å². The monoisotopic (exact) mass is 268 g/mol. The maximum Gasteiger partial charge on any atom is 0.387 e. The van der Waals surface area contributed by atoms with Gasteiger partial charge in [-0.05, 0) is 17.7 Å². The Labute approximate surface area is 106 Å². The number of rotatable bonds is 5. The molecule has 1 amide bonds. The van der Waals surface area contributed by atoms with E-state index in [1.807, 2.05) is 0 Å². The molecule has 1 aromatic carbocycles. The molecule has 0 unspecified atom stereocenters. The van der Waals surface area contributed by atoms with E-state index in [2.05, 4.69) is 25.5 Å². The highest BCUT2D eigenvalue weighted by Gasteiger charge is 2.08. The van der Waals surface area contributed by atoms with Crippen molar-refractivity contribution in [2.45, 2.75) is 13.2 Å². The van der Waals surface area contributed by atoms with Crippen molar-refractivity contribution in [1.29, 1.82) is 0 Å². The van der Waals surface area contributed by atoms with Crippen LogP contribution >= 0.6 is 0 Å². The molecule has 0 spiro atoms. The number of benzene rings is 1. The zero-order chi connectivity index (χ0) is 13.7. The van der Waals surface area contributed by atoms with Crippen LogP contribution in [0.15, 0.2) is 30.5 Å². The van der Waals surface area contributed by atoms with Gasteiger partial charge in [-0.15, -0.1) is 0 Å². The lowest BCUT2D eigenvalue weighted by molar-refractivity contribution is -0.0498. The maximum absolute atomic E-state index is 11.9. The van der Waals surface area contributed by atoms with Crippen LogP contribution in [-0.4, -0.2) is 27.9 Å². The summed E-state index contributed by atoms with van der Waals surface area (Å²) >= 11 is 0. The van der Waals surface area contributed by atoms with Gasteiger partial charge in [0.05, 0.1) is 6.20 Å². The van der Waals surface area contributed by atoms with Crippen LogP contribution in [0.25, 0.3) is 0 Å². The number of H-pyrrole nitrogens is 1. The molecule has 2 rings (SSSR count). The first kappa shape index (κ1) is 12.9. The second kappa shape index (κ2) is 5.89. The predicted octanol–water partition coefficient (Wildman–Crippen LogP) is 1.34. The molecule has 2 aromatic rings. The summed E-state index contributed by atoms with van der Waals surface area (Å²) < 4.78 is 28.1. The molecule has 0 aliphatic heterocycles. The number of ether oxygens (including phenoxy) is 1. The highest BCUT2D eigenvalue weighted by molar-refractivity contribution is 5.91. The fourth-order valence-corrected chi connectivity index (χ4v) is 1.37. The number of nitrogens with zero attached hydrogens (tertiary/aromatic N) is 2. The van der Waals surface area contributed by atoms with Crippen LogP contribution < -0.4 is 10.1 Å². The number of carbonyl (C=O) groups excluding carboxylic acids is 1. The van der Waals surface area contributed by atoms with Crippen molar-refractivity contribution in [2.75, 3.05) is 0 Å². The summed E-state index contributed by atoms with van der Waals surface area (Å²) in [4.78, 5) is 11.5. The van der Waals surface area contributed by atoms with E-state index >= 15 is 0 Å². The number of aromatic nitrogens is 3. The number of hydrogen-bond donors (Lipinski definition) is 2. The third kappa shape index (κ3) is 3.73. The Morgan fingerprint density at radius 2 is 2.11 bits per heavy atom. The number of amides is 1. The van der Waals surface area contributed by atoms with Gasteiger partial charge in [0, 0.05) is 6.54 Å². The highest BCUT2D eigenvalue weighted by Crippen LogP contribution is 2.14. The first-order valence-corrected chi connectivity index (χ1v) is 5.33.